The van der Waals surface area contributed by atoms with Gasteiger partial charge in [0.25, 0.3) is 0 Å². The molecule has 0 saturated heterocycles. The van der Waals surface area contributed by atoms with E-state index in [1.165, 1.54) is 0 Å². The van der Waals surface area contributed by atoms with Crippen molar-refractivity contribution in [2.24, 2.45) is 5.73 Å². The molecule has 0 fully saturated rings. The Hall–Kier alpha value is -1.29. The van der Waals surface area contributed by atoms with Gasteiger partial charge in [-0.05, 0) is 25.0 Å². The molecule has 2 N–H and O–H groups in total. The van der Waals surface area contributed by atoms with Crippen molar-refractivity contribution in [2.45, 2.75) is 19.4 Å². The first-order valence-electron chi connectivity index (χ1n) is 5.01. The molecule has 0 spiro atoms. The van der Waals surface area contributed by atoms with Crippen LogP contribution in [0.2, 0.25) is 0 Å². The van der Waals surface area contributed by atoms with Gasteiger partial charge in [0.2, 0.25) is 0 Å². The molecule has 1 unspecified atom stereocenters. The van der Waals surface area contributed by atoms with Crippen LogP contribution >= 0.6 is 0 Å². The topological polar surface area (TPSA) is 44.5 Å². The molecular weight excluding hydrogens is 197 g/mol. The van der Waals surface area contributed by atoms with Gasteiger partial charge >= 0.3 is 0 Å². The molecule has 0 saturated carbocycles. The summed E-state index contributed by atoms with van der Waals surface area (Å²) < 4.78 is 24.4. The third-order valence-electron chi connectivity index (χ3n) is 2.27. The molecular formula is C11H14FNO2. The third kappa shape index (κ3) is 2.04. The number of halogens is 1. The van der Waals surface area contributed by atoms with Gasteiger partial charge in [-0.2, -0.15) is 0 Å². The molecule has 1 aliphatic heterocycles. The molecule has 82 valence electrons. The monoisotopic (exact) mass is 211 g/mol. The smallest absolute Gasteiger partial charge is 0.197 e. The zero-order valence-electron chi connectivity index (χ0n) is 8.63. The van der Waals surface area contributed by atoms with Crippen LogP contribution in [0.15, 0.2) is 12.1 Å². The molecule has 0 radical (unpaired) electrons. The normalized spacial score (nSPS) is 16.2. The predicted octanol–water partition coefficient (Wildman–Crippen LogP) is 1.49. The fourth-order valence-electron chi connectivity index (χ4n) is 1.63. The van der Waals surface area contributed by atoms with Crippen LogP contribution in [0.3, 0.4) is 0 Å². The minimum Gasteiger partial charge on any atom is -0.486 e. The largest absolute Gasteiger partial charge is 0.486 e. The highest BCUT2D eigenvalue weighted by atomic mass is 19.1. The number of hydrogen-bond acceptors (Lipinski definition) is 3. The quantitative estimate of drug-likeness (QED) is 0.806. The maximum absolute atomic E-state index is 13.9. The maximum Gasteiger partial charge on any atom is 0.197 e. The molecule has 3 nitrogen and oxygen atoms in total. The lowest BCUT2D eigenvalue weighted by molar-refractivity contribution is 0.164. The Bertz CT molecular complexity index is 366. The molecule has 0 amide bonds. The SMILES string of the molecule is CC(N)Cc1ccc2c(c1F)OCCO2. The highest BCUT2D eigenvalue weighted by molar-refractivity contribution is 5.45. The molecule has 1 aromatic rings. The van der Waals surface area contributed by atoms with Crippen molar-refractivity contribution in [3.8, 4) is 11.5 Å². The van der Waals surface area contributed by atoms with Gasteiger partial charge in [0, 0.05) is 6.04 Å². The van der Waals surface area contributed by atoms with Crippen molar-refractivity contribution in [3.05, 3.63) is 23.5 Å². The predicted molar refractivity (Wildman–Crippen MR) is 54.7 cm³/mol. The molecule has 1 heterocycles. The second-order valence-corrected chi connectivity index (χ2v) is 3.74. The summed E-state index contributed by atoms with van der Waals surface area (Å²) in [6, 6.07) is 3.36. The summed E-state index contributed by atoms with van der Waals surface area (Å²) in [5.41, 5.74) is 6.21. The Morgan fingerprint density at radius 2 is 2.13 bits per heavy atom. The lowest BCUT2D eigenvalue weighted by Gasteiger charge is -2.20. The minimum atomic E-state index is -0.343. The van der Waals surface area contributed by atoms with Crippen LogP contribution in [0.5, 0.6) is 11.5 Å². The Labute approximate surface area is 88.0 Å². The fraction of sp³-hybridized carbons (Fsp3) is 0.455. The van der Waals surface area contributed by atoms with Crippen molar-refractivity contribution >= 4 is 0 Å². The van der Waals surface area contributed by atoms with E-state index in [1.807, 2.05) is 6.92 Å². The minimum absolute atomic E-state index is 0.0675. The second kappa shape index (κ2) is 4.06. The van der Waals surface area contributed by atoms with E-state index in [1.54, 1.807) is 12.1 Å². The molecule has 1 atom stereocenters. The summed E-state index contributed by atoms with van der Waals surface area (Å²) in [5, 5.41) is 0. The number of nitrogens with two attached hydrogens (primary N) is 1. The van der Waals surface area contributed by atoms with Crippen molar-refractivity contribution < 1.29 is 13.9 Å². The summed E-state index contributed by atoms with van der Waals surface area (Å²) in [7, 11) is 0. The van der Waals surface area contributed by atoms with Crippen LogP contribution in [0, 0.1) is 5.82 Å². The standard InChI is InChI=1S/C11H14FNO2/c1-7(13)6-8-2-3-9-11(10(8)12)15-5-4-14-9/h2-3,7H,4-6,13H2,1H3. The van der Waals surface area contributed by atoms with E-state index >= 15 is 0 Å². The highest BCUT2D eigenvalue weighted by Gasteiger charge is 2.19. The van der Waals surface area contributed by atoms with Gasteiger partial charge < -0.3 is 15.2 Å². The van der Waals surface area contributed by atoms with Crippen LogP contribution in [0.1, 0.15) is 12.5 Å². The lowest BCUT2D eigenvalue weighted by atomic mass is 10.1. The highest BCUT2D eigenvalue weighted by Crippen LogP contribution is 2.34. The number of hydrogen-bond donors (Lipinski definition) is 1. The van der Waals surface area contributed by atoms with Crippen LogP contribution in [0.25, 0.3) is 0 Å². The molecule has 15 heavy (non-hydrogen) atoms. The average molecular weight is 211 g/mol. The van der Waals surface area contributed by atoms with Gasteiger partial charge in [0.15, 0.2) is 17.3 Å². The average Bonchev–Trinajstić information content (AvgIpc) is 2.22. The van der Waals surface area contributed by atoms with E-state index < -0.39 is 0 Å². The zero-order chi connectivity index (χ0) is 10.8. The summed E-state index contributed by atoms with van der Waals surface area (Å²) in [6.45, 7) is 2.71. The van der Waals surface area contributed by atoms with E-state index in [0.717, 1.165) is 0 Å². The Kier molecular flexibility index (Phi) is 2.77. The van der Waals surface area contributed by atoms with Gasteiger partial charge in [0.05, 0.1) is 0 Å². The second-order valence-electron chi connectivity index (χ2n) is 3.74. The Morgan fingerprint density at radius 1 is 1.40 bits per heavy atom. The first-order chi connectivity index (χ1) is 7.18. The third-order valence-corrected chi connectivity index (χ3v) is 2.27. The first-order valence-corrected chi connectivity index (χ1v) is 5.01. The summed E-state index contributed by atoms with van der Waals surface area (Å²) in [4.78, 5) is 0. The van der Waals surface area contributed by atoms with E-state index in [0.29, 0.717) is 30.9 Å². The van der Waals surface area contributed by atoms with Crippen molar-refractivity contribution in [3.63, 3.8) is 0 Å². The van der Waals surface area contributed by atoms with Crippen LogP contribution in [0.4, 0.5) is 4.39 Å². The van der Waals surface area contributed by atoms with Gasteiger partial charge in [-0.3, -0.25) is 0 Å². The number of fused-ring (bicyclic) bond motifs is 1. The molecule has 0 bridgehead atoms. The summed E-state index contributed by atoms with van der Waals surface area (Å²) in [5.74, 6) is 0.357. The number of rotatable bonds is 2. The van der Waals surface area contributed by atoms with Gasteiger partial charge in [-0.1, -0.05) is 6.07 Å². The van der Waals surface area contributed by atoms with E-state index in [2.05, 4.69) is 0 Å². The van der Waals surface area contributed by atoms with Crippen LogP contribution < -0.4 is 15.2 Å². The van der Waals surface area contributed by atoms with E-state index in [9.17, 15) is 4.39 Å². The molecule has 0 aromatic heterocycles. The fourth-order valence-corrected chi connectivity index (χ4v) is 1.63. The maximum atomic E-state index is 13.9. The molecule has 0 aliphatic carbocycles. The number of ether oxygens (including phenoxy) is 2. The molecule has 4 heteroatoms. The van der Waals surface area contributed by atoms with Crippen molar-refractivity contribution in [1.29, 1.82) is 0 Å². The first kappa shape index (κ1) is 10.2. The Morgan fingerprint density at radius 3 is 2.87 bits per heavy atom. The molecule has 1 aromatic carbocycles. The van der Waals surface area contributed by atoms with Crippen molar-refractivity contribution in [1.82, 2.24) is 0 Å². The summed E-state index contributed by atoms with van der Waals surface area (Å²) >= 11 is 0. The van der Waals surface area contributed by atoms with E-state index in [4.69, 9.17) is 15.2 Å². The molecule has 1 aliphatic rings. The molecule has 2 rings (SSSR count). The van der Waals surface area contributed by atoms with Gasteiger partial charge in [-0.15, -0.1) is 0 Å². The van der Waals surface area contributed by atoms with Crippen LogP contribution in [-0.4, -0.2) is 19.3 Å². The van der Waals surface area contributed by atoms with Gasteiger partial charge in [-0.25, -0.2) is 4.39 Å². The summed E-state index contributed by atoms with van der Waals surface area (Å²) in [6.07, 6.45) is 0.502. The van der Waals surface area contributed by atoms with Crippen LogP contribution in [-0.2, 0) is 6.42 Å². The lowest BCUT2D eigenvalue weighted by Crippen LogP contribution is -2.20. The van der Waals surface area contributed by atoms with Crippen molar-refractivity contribution in [2.75, 3.05) is 13.2 Å². The number of benzene rings is 1. The zero-order valence-corrected chi connectivity index (χ0v) is 8.63. The Balaban J connectivity index is 2.34. The van der Waals surface area contributed by atoms with Gasteiger partial charge in [0.1, 0.15) is 13.2 Å². The van der Waals surface area contributed by atoms with E-state index in [-0.39, 0.29) is 17.6 Å².